The molecular formula is C14H18N2S. The average Bonchev–Trinajstić information content (AvgIpc) is 2.75. The van der Waals surface area contributed by atoms with Gasteiger partial charge in [-0.3, -0.25) is 0 Å². The molecule has 1 N–H and O–H groups in total. The summed E-state index contributed by atoms with van der Waals surface area (Å²) in [6.07, 6.45) is 0. The molecule has 0 spiro atoms. The summed E-state index contributed by atoms with van der Waals surface area (Å²) in [5.74, 6) is 0. The predicted molar refractivity (Wildman–Crippen MR) is 74.5 cm³/mol. The molecule has 0 aliphatic carbocycles. The van der Waals surface area contributed by atoms with Crippen LogP contribution in [-0.2, 0) is 6.54 Å². The molecule has 2 rings (SSSR count). The van der Waals surface area contributed by atoms with Crippen LogP contribution in [0.25, 0.3) is 10.6 Å². The standard InChI is InChI=1S/C14H18N2S/c1-9-5-6-13(11(3)10(9)2)14-16-12(7-15-4)8-17-14/h5-6,8,15H,7H2,1-4H3. The maximum Gasteiger partial charge on any atom is 0.123 e. The summed E-state index contributed by atoms with van der Waals surface area (Å²) in [5, 5.41) is 6.37. The van der Waals surface area contributed by atoms with Gasteiger partial charge >= 0.3 is 0 Å². The van der Waals surface area contributed by atoms with Crippen LogP contribution < -0.4 is 5.32 Å². The van der Waals surface area contributed by atoms with E-state index in [9.17, 15) is 0 Å². The number of benzene rings is 1. The van der Waals surface area contributed by atoms with Crippen molar-refractivity contribution in [3.8, 4) is 10.6 Å². The molecule has 0 unspecified atom stereocenters. The fraction of sp³-hybridized carbons (Fsp3) is 0.357. The van der Waals surface area contributed by atoms with Crippen molar-refractivity contribution in [1.82, 2.24) is 10.3 Å². The molecule has 3 heteroatoms. The van der Waals surface area contributed by atoms with E-state index in [1.807, 2.05) is 7.05 Å². The number of rotatable bonds is 3. The highest BCUT2D eigenvalue weighted by Gasteiger charge is 2.09. The van der Waals surface area contributed by atoms with E-state index in [4.69, 9.17) is 0 Å². The van der Waals surface area contributed by atoms with Crippen molar-refractivity contribution in [2.24, 2.45) is 0 Å². The van der Waals surface area contributed by atoms with Crippen LogP contribution in [-0.4, -0.2) is 12.0 Å². The summed E-state index contributed by atoms with van der Waals surface area (Å²) in [4.78, 5) is 4.66. The predicted octanol–water partition coefficient (Wildman–Crippen LogP) is 3.45. The van der Waals surface area contributed by atoms with Crippen LogP contribution in [0.4, 0.5) is 0 Å². The summed E-state index contributed by atoms with van der Waals surface area (Å²) in [5.41, 5.74) is 6.44. The smallest absolute Gasteiger partial charge is 0.123 e. The third kappa shape index (κ3) is 2.40. The number of aromatic nitrogens is 1. The Labute approximate surface area is 107 Å². The van der Waals surface area contributed by atoms with Gasteiger partial charge in [0, 0.05) is 17.5 Å². The number of aryl methyl sites for hydroxylation is 1. The van der Waals surface area contributed by atoms with E-state index >= 15 is 0 Å². The maximum absolute atomic E-state index is 4.66. The first-order valence-electron chi connectivity index (χ1n) is 5.79. The first-order chi connectivity index (χ1) is 8.13. The normalized spacial score (nSPS) is 10.8. The monoisotopic (exact) mass is 246 g/mol. The Hall–Kier alpha value is -1.19. The van der Waals surface area contributed by atoms with Crippen molar-refractivity contribution in [1.29, 1.82) is 0 Å². The van der Waals surface area contributed by atoms with E-state index in [2.05, 4.69) is 48.6 Å². The lowest BCUT2D eigenvalue weighted by Gasteiger charge is -2.08. The van der Waals surface area contributed by atoms with Crippen molar-refractivity contribution in [3.05, 3.63) is 39.9 Å². The molecule has 0 saturated carbocycles. The molecule has 90 valence electrons. The van der Waals surface area contributed by atoms with Gasteiger partial charge in [-0.1, -0.05) is 12.1 Å². The number of hydrogen-bond acceptors (Lipinski definition) is 3. The van der Waals surface area contributed by atoms with Crippen LogP contribution in [0.3, 0.4) is 0 Å². The van der Waals surface area contributed by atoms with Crippen LogP contribution in [0, 0.1) is 20.8 Å². The lowest BCUT2D eigenvalue weighted by atomic mass is 9.99. The molecule has 0 radical (unpaired) electrons. The molecule has 0 fully saturated rings. The molecule has 0 aliphatic rings. The second kappa shape index (κ2) is 4.98. The summed E-state index contributed by atoms with van der Waals surface area (Å²) >= 11 is 1.72. The van der Waals surface area contributed by atoms with E-state index in [0.29, 0.717) is 0 Å². The van der Waals surface area contributed by atoms with E-state index < -0.39 is 0 Å². The lowest BCUT2D eigenvalue weighted by molar-refractivity contribution is 0.798. The highest BCUT2D eigenvalue weighted by atomic mass is 32.1. The average molecular weight is 246 g/mol. The number of nitrogens with one attached hydrogen (secondary N) is 1. The Bertz CT molecular complexity index is 529. The van der Waals surface area contributed by atoms with Gasteiger partial charge in [0.2, 0.25) is 0 Å². The lowest BCUT2D eigenvalue weighted by Crippen LogP contribution is -2.04. The van der Waals surface area contributed by atoms with Crippen molar-refractivity contribution in [2.45, 2.75) is 27.3 Å². The maximum atomic E-state index is 4.66. The number of nitrogens with zero attached hydrogens (tertiary/aromatic N) is 1. The van der Waals surface area contributed by atoms with Gasteiger partial charge in [0.15, 0.2) is 0 Å². The zero-order valence-electron chi connectivity index (χ0n) is 10.8. The molecule has 0 saturated heterocycles. The minimum atomic E-state index is 0.834. The SMILES string of the molecule is CNCc1csc(-c2ccc(C)c(C)c2C)n1. The van der Waals surface area contributed by atoms with Crippen LogP contribution in [0.15, 0.2) is 17.5 Å². The zero-order chi connectivity index (χ0) is 12.4. The van der Waals surface area contributed by atoms with Crippen molar-refractivity contribution in [2.75, 3.05) is 7.05 Å². The zero-order valence-corrected chi connectivity index (χ0v) is 11.6. The molecule has 1 aromatic carbocycles. The second-order valence-corrected chi connectivity index (χ2v) is 5.21. The Balaban J connectivity index is 2.42. The molecule has 0 bridgehead atoms. The molecular weight excluding hydrogens is 228 g/mol. The molecule has 0 aliphatic heterocycles. The topological polar surface area (TPSA) is 24.9 Å². The van der Waals surface area contributed by atoms with E-state index in [-0.39, 0.29) is 0 Å². The van der Waals surface area contributed by atoms with Gasteiger partial charge in [0.25, 0.3) is 0 Å². The highest BCUT2D eigenvalue weighted by Crippen LogP contribution is 2.29. The molecule has 1 heterocycles. The van der Waals surface area contributed by atoms with Gasteiger partial charge in [-0.05, 0) is 44.5 Å². The molecule has 1 aromatic heterocycles. The molecule has 0 amide bonds. The number of hydrogen-bond donors (Lipinski definition) is 1. The summed E-state index contributed by atoms with van der Waals surface area (Å²) in [6, 6.07) is 4.36. The number of thiazole rings is 1. The van der Waals surface area contributed by atoms with Crippen molar-refractivity contribution in [3.63, 3.8) is 0 Å². The van der Waals surface area contributed by atoms with E-state index in [0.717, 1.165) is 17.2 Å². The minimum Gasteiger partial charge on any atom is -0.314 e. The first-order valence-corrected chi connectivity index (χ1v) is 6.67. The quantitative estimate of drug-likeness (QED) is 0.897. The molecule has 2 nitrogen and oxygen atoms in total. The van der Waals surface area contributed by atoms with Crippen molar-refractivity contribution < 1.29 is 0 Å². The minimum absolute atomic E-state index is 0.834. The van der Waals surface area contributed by atoms with Crippen LogP contribution in [0.2, 0.25) is 0 Å². The van der Waals surface area contributed by atoms with Gasteiger partial charge in [0.1, 0.15) is 5.01 Å². The fourth-order valence-electron chi connectivity index (χ4n) is 1.88. The summed E-state index contributed by atoms with van der Waals surface area (Å²) in [6.45, 7) is 7.34. The Morgan fingerprint density at radius 3 is 2.65 bits per heavy atom. The van der Waals surface area contributed by atoms with E-state index in [1.165, 1.54) is 22.3 Å². The van der Waals surface area contributed by atoms with Gasteiger partial charge in [-0.2, -0.15) is 0 Å². The largest absolute Gasteiger partial charge is 0.314 e. The Morgan fingerprint density at radius 1 is 1.18 bits per heavy atom. The van der Waals surface area contributed by atoms with Crippen LogP contribution in [0.5, 0.6) is 0 Å². The van der Waals surface area contributed by atoms with Gasteiger partial charge in [0.05, 0.1) is 5.69 Å². The van der Waals surface area contributed by atoms with Crippen LogP contribution >= 0.6 is 11.3 Å². The molecule has 17 heavy (non-hydrogen) atoms. The van der Waals surface area contributed by atoms with Gasteiger partial charge < -0.3 is 5.32 Å². The first kappa shape index (κ1) is 12.3. The fourth-order valence-corrected chi connectivity index (χ4v) is 2.78. The molecule has 0 atom stereocenters. The summed E-state index contributed by atoms with van der Waals surface area (Å²) in [7, 11) is 1.94. The Morgan fingerprint density at radius 2 is 1.94 bits per heavy atom. The second-order valence-electron chi connectivity index (χ2n) is 4.35. The highest BCUT2D eigenvalue weighted by molar-refractivity contribution is 7.13. The van der Waals surface area contributed by atoms with Gasteiger partial charge in [-0.25, -0.2) is 4.98 Å². The molecule has 2 aromatic rings. The van der Waals surface area contributed by atoms with Crippen molar-refractivity contribution >= 4 is 11.3 Å². The third-order valence-electron chi connectivity index (χ3n) is 3.20. The van der Waals surface area contributed by atoms with E-state index in [1.54, 1.807) is 11.3 Å². The van der Waals surface area contributed by atoms with Crippen LogP contribution in [0.1, 0.15) is 22.4 Å². The Kier molecular flexibility index (Phi) is 3.60. The summed E-state index contributed by atoms with van der Waals surface area (Å²) < 4.78 is 0. The van der Waals surface area contributed by atoms with Gasteiger partial charge in [-0.15, -0.1) is 11.3 Å². The third-order valence-corrected chi connectivity index (χ3v) is 4.12.